The number of carbonyl (C=O) groups excluding carboxylic acids is 1. The monoisotopic (exact) mass is 377 g/mol. The second-order valence-electron chi connectivity index (χ2n) is 6.27. The molecule has 1 aliphatic rings. The zero-order valence-corrected chi connectivity index (χ0v) is 15.4. The Morgan fingerprint density at radius 3 is 2.56 bits per heavy atom. The number of nitrogens with two attached hydrogens (primary N) is 1. The van der Waals surface area contributed by atoms with Crippen molar-refractivity contribution in [2.24, 2.45) is 5.73 Å². The molecule has 4 nitrogen and oxygen atoms in total. The van der Waals surface area contributed by atoms with Crippen LogP contribution in [0.4, 0.5) is 10.5 Å². The highest BCUT2D eigenvalue weighted by Crippen LogP contribution is 2.29. The van der Waals surface area contributed by atoms with Gasteiger partial charge < -0.3 is 16.0 Å². The van der Waals surface area contributed by atoms with Crippen LogP contribution in [0.5, 0.6) is 0 Å². The van der Waals surface area contributed by atoms with Crippen molar-refractivity contribution in [1.82, 2.24) is 4.90 Å². The van der Waals surface area contributed by atoms with Gasteiger partial charge in [0, 0.05) is 25.3 Å². The van der Waals surface area contributed by atoms with Crippen molar-refractivity contribution >= 4 is 34.9 Å². The smallest absolute Gasteiger partial charge is 0.321 e. The number of amides is 2. The molecule has 1 fully saturated rings. The lowest BCUT2D eigenvalue weighted by atomic mass is 9.88. The van der Waals surface area contributed by atoms with E-state index in [0.29, 0.717) is 28.2 Å². The van der Waals surface area contributed by atoms with Crippen LogP contribution < -0.4 is 11.1 Å². The molecule has 3 rings (SSSR count). The molecular formula is C19H21Cl2N3O. The van der Waals surface area contributed by atoms with Gasteiger partial charge in [0.2, 0.25) is 0 Å². The summed E-state index contributed by atoms with van der Waals surface area (Å²) in [6, 6.07) is 13.4. The number of piperidine rings is 1. The summed E-state index contributed by atoms with van der Waals surface area (Å²) in [4.78, 5) is 14.3. The number of nitrogens with zero attached hydrogens (tertiary/aromatic N) is 1. The van der Waals surface area contributed by atoms with Gasteiger partial charge in [-0.2, -0.15) is 0 Å². The first-order valence-electron chi connectivity index (χ1n) is 8.36. The molecule has 132 valence electrons. The van der Waals surface area contributed by atoms with Crippen molar-refractivity contribution in [2.75, 3.05) is 18.4 Å². The van der Waals surface area contributed by atoms with Crippen LogP contribution in [0.1, 0.15) is 29.9 Å². The molecule has 1 saturated heterocycles. The number of rotatable bonds is 3. The van der Waals surface area contributed by atoms with Gasteiger partial charge in [0.25, 0.3) is 0 Å². The summed E-state index contributed by atoms with van der Waals surface area (Å²) in [6.07, 6.45) is 1.89. The van der Waals surface area contributed by atoms with E-state index < -0.39 is 0 Å². The number of benzene rings is 2. The summed E-state index contributed by atoms with van der Waals surface area (Å²) in [5.74, 6) is 0.473. The highest BCUT2D eigenvalue weighted by Gasteiger charge is 2.24. The van der Waals surface area contributed by atoms with E-state index in [0.717, 1.165) is 31.5 Å². The topological polar surface area (TPSA) is 58.4 Å². The van der Waals surface area contributed by atoms with Crippen LogP contribution in [0.3, 0.4) is 0 Å². The van der Waals surface area contributed by atoms with Gasteiger partial charge in [0.05, 0.1) is 10.0 Å². The third-order valence-electron chi connectivity index (χ3n) is 4.61. The highest BCUT2D eigenvalue weighted by molar-refractivity contribution is 6.42. The summed E-state index contributed by atoms with van der Waals surface area (Å²) in [6.45, 7) is 2.01. The average molecular weight is 378 g/mol. The lowest BCUT2D eigenvalue weighted by Crippen LogP contribution is -2.40. The second kappa shape index (κ2) is 8.09. The Bertz CT molecular complexity index is 758. The molecule has 25 heavy (non-hydrogen) atoms. The summed E-state index contributed by atoms with van der Waals surface area (Å²) >= 11 is 11.9. The Morgan fingerprint density at radius 2 is 1.88 bits per heavy atom. The van der Waals surface area contributed by atoms with Gasteiger partial charge in [-0.05, 0) is 48.1 Å². The van der Waals surface area contributed by atoms with E-state index in [2.05, 4.69) is 23.5 Å². The van der Waals surface area contributed by atoms with E-state index in [1.807, 2.05) is 11.0 Å². The molecule has 2 aromatic rings. The molecule has 0 bridgehead atoms. The first-order chi connectivity index (χ1) is 12.1. The van der Waals surface area contributed by atoms with Crippen molar-refractivity contribution < 1.29 is 4.79 Å². The third kappa shape index (κ3) is 4.46. The SMILES string of the molecule is NCc1cccc(C2CCN(C(=O)Nc3ccc(Cl)c(Cl)c3)CC2)c1. The zero-order valence-electron chi connectivity index (χ0n) is 13.8. The first-order valence-corrected chi connectivity index (χ1v) is 9.12. The van der Waals surface area contributed by atoms with Crippen molar-refractivity contribution in [2.45, 2.75) is 25.3 Å². The van der Waals surface area contributed by atoms with Crippen LogP contribution in [0, 0.1) is 0 Å². The van der Waals surface area contributed by atoms with E-state index in [9.17, 15) is 4.79 Å². The Balaban J connectivity index is 1.57. The van der Waals surface area contributed by atoms with Gasteiger partial charge >= 0.3 is 6.03 Å². The standard InChI is InChI=1S/C19H21Cl2N3O/c20-17-5-4-16(11-18(17)21)23-19(25)24-8-6-14(7-9-24)15-3-1-2-13(10-15)12-22/h1-5,10-11,14H,6-9,12,22H2,(H,23,25). The van der Waals surface area contributed by atoms with Crippen LogP contribution in [0.2, 0.25) is 10.0 Å². The van der Waals surface area contributed by atoms with Crippen LogP contribution in [-0.2, 0) is 6.54 Å². The van der Waals surface area contributed by atoms with E-state index in [1.54, 1.807) is 18.2 Å². The minimum absolute atomic E-state index is 0.104. The molecule has 3 N–H and O–H groups in total. The molecule has 0 saturated carbocycles. The minimum atomic E-state index is -0.104. The van der Waals surface area contributed by atoms with Crippen LogP contribution in [-0.4, -0.2) is 24.0 Å². The second-order valence-corrected chi connectivity index (χ2v) is 7.08. The Morgan fingerprint density at radius 1 is 1.12 bits per heavy atom. The van der Waals surface area contributed by atoms with E-state index in [-0.39, 0.29) is 6.03 Å². The number of halogens is 2. The molecule has 0 aliphatic carbocycles. The maximum absolute atomic E-state index is 12.4. The maximum atomic E-state index is 12.4. The Hall–Kier alpha value is -1.75. The largest absolute Gasteiger partial charge is 0.326 e. The molecule has 1 aliphatic heterocycles. The summed E-state index contributed by atoms with van der Waals surface area (Å²) in [5, 5.41) is 3.78. The van der Waals surface area contributed by atoms with Crippen molar-refractivity contribution in [3.05, 3.63) is 63.6 Å². The fourth-order valence-electron chi connectivity index (χ4n) is 3.17. The molecule has 0 spiro atoms. The molecule has 1 heterocycles. The van der Waals surface area contributed by atoms with Gasteiger partial charge in [0.1, 0.15) is 0 Å². The van der Waals surface area contributed by atoms with Crippen molar-refractivity contribution in [3.63, 3.8) is 0 Å². The Kier molecular flexibility index (Phi) is 5.84. The van der Waals surface area contributed by atoms with E-state index in [1.165, 1.54) is 5.56 Å². The zero-order chi connectivity index (χ0) is 17.8. The van der Waals surface area contributed by atoms with Gasteiger partial charge in [-0.25, -0.2) is 4.79 Å². The van der Waals surface area contributed by atoms with Crippen molar-refractivity contribution in [3.8, 4) is 0 Å². The molecule has 0 aromatic heterocycles. The van der Waals surface area contributed by atoms with Crippen LogP contribution in [0.25, 0.3) is 0 Å². The van der Waals surface area contributed by atoms with E-state index in [4.69, 9.17) is 28.9 Å². The number of anilines is 1. The van der Waals surface area contributed by atoms with Gasteiger partial charge in [-0.1, -0.05) is 47.5 Å². The fourth-order valence-corrected chi connectivity index (χ4v) is 3.46. The minimum Gasteiger partial charge on any atom is -0.326 e. The number of likely N-dealkylation sites (tertiary alicyclic amines) is 1. The maximum Gasteiger partial charge on any atom is 0.321 e. The fraction of sp³-hybridized carbons (Fsp3) is 0.316. The number of carbonyl (C=O) groups is 1. The van der Waals surface area contributed by atoms with Crippen LogP contribution in [0.15, 0.2) is 42.5 Å². The molecule has 6 heteroatoms. The molecular weight excluding hydrogens is 357 g/mol. The van der Waals surface area contributed by atoms with Crippen LogP contribution >= 0.6 is 23.2 Å². The number of nitrogens with one attached hydrogen (secondary N) is 1. The lowest BCUT2D eigenvalue weighted by Gasteiger charge is -2.32. The summed E-state index contributed by atoms with van der Waals surface area (Å²) in [7, 11) is 0. The van der Waals surface area contributed by atoms with E-state index >= 15 is 0 Å². The number of urea groups is 1. The average Bonchev–Trinajstić information content (AvgIpc) is 2.65. The lowest BCUT2D eigenvalue weighted by molar-refractivity contribution is 0.194. The van der Waals surface area contributed by atoms with Crippen molar-refractivity contribution in [1.29, 1.82) is 0 Å². The molecule has 0 atom stereocenters. The normalized spacial score (nSPS) is 15.2. The third-order valence-corrected chi connectivity index (χ3v) is 5.35. The molecule has 2 aromatic carbocycles. The molecule has 0 unspecified atom stereocenters. The molecule has 2 amide bonds. The summed E-state index contributed by atoms with van der Waals surface area (Å²) < 4.78 is 0. The highest BCUT2D eigenvalue weighted by atomic mass is 35.5. The first kappa shape index (κ1) is 18.1. The van der Waals surface area contributed by atoms with Gasteiger partial charge in [0.15, 0.2) is 0 Å². The van der Waals surface area contributed by atoms with Gasteiger partial charge in [-0.3, -0.25) is 0 Å². The van der Waals surface area contributed by atoms with Gasteiger partial charge in [-0.15, -0.1) is 0 Å². The predicted octanol–water partition coefficient (Wildman–Crippen LogP) is 4.86. The number of hydrogen-bond donors (Lipinski definition) is 2. The Labute approximate surface area is 157 Å². The quantitative estimate of drug-likeness (QED) is 0.801. The molecule has 0 radical (unpaired) electrons. The number of hydrogen-bond acceptors (Lipinski definition) is 2. The predicted molar refractivity (Wildman–Crippen MR) is 103 cm³/mol. The summed E-state index contributed by atoms with van der Waals surface area (Å²) in [5.41, 5.74) is 8.84.